The molecule has 1 fully saturated rings. The van der Waals surface area contributed by atoms with Gasteiger partial charge in [-0.05, 0) is 66.3 Å². The van der Waals surface area contributed by atoms with E-state index in [1.165, 1.54) is 21.9 Å². The Bertz CT molecular complexity index is 1780. The summed E-state index contributed by atoms with van der Waals surface area (Å²) in [7, 11) is 3.14. The van der Waals surface area contributed by atoms with E-state index in [1.54, 1.807) is 38.1 Å². The average molecular weight is 799 g/mol. The molecule has 0 bridgehead atoms. The summed E-state index contributed by atoms with van der Waals surface area (Å²) < 4.78 is 13.3. The van der Waals surface area contributed by atoms with Crippen molar-refractivity contribution in [3.63, 3.8) is 0 Å². The number of hydrogen-bond donors (Lipinski definition) is 2. The molecule has 11 nitrogen and oxygen atoms in total. The maximum Gasteiger partial charge on any atom is 0.246 e. The predicted octanol–water partition coefficient (Wildman–Crippen LogP) is 5.63. The number of benzene rings is 3. The van der Waals surface area contributed by atoms with Crippen LogP contribution >= 0.6 is 0 Å². The number of hydrogen-bond acceptors (Lipinski definition) is 6. The quantitative estimate of drug-likeness (QED) is 0.172. The summed E-state index contributed by atoms with van der Waals surface area (Å²) in [4.78, 5) is 76.8. The normalized spacial score (nSPS) is 16.2. The second-order valence-electron chi connectivity index (χ2n) is 16.6. The van der Waals surface area contributed by atoms with E-state index in [2.05, 4.69) is 15.5 Å². The molecule has 0 spiro atoms. The summed E-state index contributed by atoms with van der Waals surface area (Å²) >= 11 is 0. The smallest absolute Gasteiger partial charge is 0.246 e. The highest BCUT2D eigenvalue weighted by atomic mass is 19.1. The van der Waals surface area contributed by atoms with E-state index in [0.717, 1.165) is 11.1 Å². The van der Waals surface area contributed by atoms with Crippen LogP contribution in [0.25, 0.3) is 0 Å². The third-order valence-electron chi connectivity index (χ3n) is 11.1. The highest BCUT2D eigenvalue weighted by molar-refractivity contribution is 5.96. The van der Waals surface area contributed by atoms with E-state index in [-0.39, 0.29) is 59.7 Å². The Hall–Kier alpha value is -5.10. The van der Waals surface area contributed by atoms with Crippen LogP contribution in [0.1, 0.15) is 78.0 Å². The third kappa shape index (κ3) is 11.7. The van der Waals surface area contributed by atoms with E-state index in [0.29, 0.717) is 38.0 Å². The molecule has 3 aromatic rings. The summed E-state index contributed by atoms with van der Waals surface area (Å²) in [6, 6.07) is 21.8. The molecular formula is C46H63FN6O5. The first kappa shape index (κ1) is 45.6. The van der Waals surface area contributed by atoms with Crippen molar-refractivity contribution in [1.29, 1.82) is 0 Å². The number of rotatable bonds is 18. The number of carbonyl (C=O) groups is 5. The van der Waals surface area contributed by atoms with Crippen LogP contribution in [0, 0.1) is 23.6 Å². The fourth-order valence-corrected chi connectivity index (χ4v) is 7.78. The largest absolute Gasteiger partial charge is 0.350 e. The van der Waals surface area contributed by atoms with E-state index in [4.69, 9.17) is 0 Å². The van der Waals surface area contributed by atoms with Crippen molar-refractivity contribution in [2.24, 2.45) is 17.8 Å². The van der Waals surface area contributed by atoms with Gasteiger partial charge < -0.3 is 25.3 Å². The monoisotopic (exact) mass is 798 g/mol. The van der Waals surface area contributed by atoms with Gasteiger partial charge in [0.2, 0.25) is 29.5 Å². The van der Waals surface area contributed by atoms with Crippen molar-refractivity contribution in [2.45, 2.75) is 111 Å². The Balaban J connectivity index is 1.49. The van der Waals surface area contributed by atoms with Gasteiger partial charge in [-0.1, -0.05) is 114 Å². The van der Waals surface area contributed by atoms with Crippen molar-refractivity contribution in [1.82, 2.24) is 30.2 Å². The average Bonchev–Trinajstić information content (AvgIpc) is 3.69. The molecule has 0 aliphatic carbocycles. The maximum absolute atomic E-state index is 14.5. The molecule has 0 unspecified atom stereocenters. The first-order chi connectivity index (χ1) is 27.5. The van der Waals surface area contributed by atoms with Crippen LogP contribution in [0.5, 0.6) is 0 Å². The summed E-state index contributed by atoms with van der Waals surface area (Å²) in [5.41, 5.74) is 2.85. The fraction of sp³-hybridized carbons (Fsp3) is 0.500. The zero-order chi connectivity index (χ0) is 42.7. The Morgan fingerprint density at radius 1 is 0.690 bits per heavy atom. The van der Waals surface area contributed by atoms with Crippen molar-refractivity contribution < 1.29 is 28.4 Å². The Labute approximate surface area is 344 Å². The molecule has 0 saturated carbocycles. The van der Waals surface area contributed by atoms with E-state index >= 15 is 0 Å². The van der Waals surface area contributed by atoms with E-state index in [9.17, 15) is 28.4 Å². The first-order valence-corrected chi connectivity index (χ1v) is 20.5. The fourth-order valence-electron chi connectivity index (χ4n) is 7.78. The number of nitrogens with one attached hydrogen (secondary N) is 2. The van der Waals surface area contributed by atoms with Gasteiger partial charge in [-0.2, -0.15) is 0 Å². The van der Waals surface area contributed by atoms with Crippen LogP contribution in [0.2, 0.25) is 0 Å². The minimum atomic E-state index is -0.917. The number of nitrogens with zero attached hydrogens (tertiary/aromatic N) is 4. The van der Waals surface area contributed by atoms with Gasteiger partial charge in [-0.25, -0.2) is 4.39 Å². The molecule has 4 rings (SSSR count). The maximum atomic E-state index is 14.5. The molecule has 5 amide bonds. The number of likely N-dealkylation sites (N-methyl/N-ethyl adjacent to an activating group) is 2. The van der Waals surface area contributed by atoms with Gasteiger partial charge in [0, 0.05) is 40.3 Å². The highest BCUT2D eigenvalue weighted by Gasteiger charge is 2.44. The van der Waals surface area contributed by atoms with Gasteiger partial charge in [0.25, 0.3) is 0 Å². The van der Waals surface area contributed by atoms with Gasteiger partial charge in [0.1, 0.15) is 30.0 Å². The molecule has 58 heavy (non-hydrogen) atoms. The molecule has 1 heterocycles. The summed E-state index contributed by atoms with van der Waals surface area (Å²) in [5.74, 6) is -2.83. The number of carbonyl (C=O) groups excluding carboxylic acids is 5. The molecule has 3 aromatic carbocycles. The molecule has 314 valence electrons. The molecule has 0 aromatic heterocycles. The lowest BCUT2D eigenvalue weighted by Gasteiger charge is -2.39. The van der Waals surface area contributed by atoms with E-state index in [1.807, 2.05) is 102 Å². The van der Waals surface area contributed by atoms with Crippen molar-refractivity contribution >= 4 is 29.5 Å². The summed E-state index contributed by atoms with van der Waals surface area (Å²) in [5, 5.41) is 5.91. The molecule has 2 N–H and O–H groups in total. The van der Waals surface area contributed by atoms with Gasteiger partial charge in [0.15, 0.2) is 0 Å². The number of amides is 5. The summed E-state index contributed by atoms with van der Waals surface area (Å²) in [6.45, 7) is 14.7. The number of likely N-dealkylation sites (tertiary alicyclic amines) is 1. The first-order valence-electron chi connectivity index (χ1n) is 20.5. The lowest BCUT2D eigenvalue weighted by atomic mass is 9.95. The Kier molecular flexibility index (Phi) is 16.6. The van der Waals surface area contributed by atoms with Crippen LogP contribution in [-0.4, -0.2) is 100.0 Å². The van der Waals surface area contributed by atoms with Crippen LogP contribution in [0.15, 0.2) is 84.9 Å². The van der Waals surface area contributed by atoms with Crippen molar-refractivity contribution in [3.05, 3.63) is 107 Å². The predicted molar refractivity (Wildman–Crippen MR) is 224 cm³/mol. The van der Waals surface area contributed by atoms with Crippen molar-refractivity contribution in [3.8, 4) is 0 Å². The molecule has 12 heteroatoms. The second-order valence-corrected chi connectivity index (χ2v) is 16.6. The molecule has 1 aliphatic heterocycles. The minimum absolute atomic E-state index is 0.0931. The van der Waals surface area contributed by atoms with Crippen LogP contribution in [0.4, 0.5) is 4.39 Å². The number of halogens is 1. The zero-order valence-corrected chi connectivity index (χ0v) is 35.7. The molecule has 0 radical (unpaired) electrons. The molecule has 5 atom stereocenters. The van der Waals surface area contributed by atoms with Gasteiger partial charge in [-0.3, -0.25) is 28.9 Å². The topological polar surface area (TPSA) is 122 Å². The third-order valence-corrected chi connectivity index (χ3v) is 11.1. The van der Waals surface area contributed by atoms with E-state index < -0.39 is 30.2 Å². The molecule has 1 saturated heterocycles. The van der Waals surface area contributed by atoms with Gasteiger partial charge in [-0.15, -0.1) is 0 Å². The van der Waals surface area contributed by atoms with Crippen LogP contribution in [-0.2, 0) is 43.6 Å². The zero-order valence-electron chi connectivity index (χ0n) is 35.7. The minimum Gasteiger partial charge on any atom is -0.350 e. The molecule has 1 aliphatic rings. The highest BCUT2D eigenvalue weighted by Crippen LogP contribution is 2.26. The second kappa shape index (κ2) is 21.1. The Morgan fingerprint density at radius 3 is 1.72 bits per heavy atom. The van der Waals surface area contributed by atoms with Gasteiger partial charge >= 0.3 is 0 Å². The lowest BCUT2D eigenvalue weighted by molar-refractivity contribution is -0.153. The SMILES string of the molecule is CC(C)[C@H](NC(=O)[C@H](C(C)C)N(Cc1ccccc1)Cc1ccccc1)C(=O)N(C)[C@H](C(=O)N1CCC[C@H]1C(=O)N(C)[C@@H](C)C(=O)NCc1ccc(F)cc1)C(C)C. The van der Waals surface area contributed by atoms with Gasteiger partial charge in [0.05, 0.1) is 6.04 Å². The Morgan fingerprint density at radius 2 is 1.22 bits per heavy atom. The molecular weight excluding hydrogens is 736 g/mol. The standard InChI is InChI=1S/C46H63FN6O5/c1-30(2)39(49-43(55)40(31(3)4)52(28-35-17-12-10-13-18-35)29-36-19-14-11-15-20-36)45(57)51(9)41(32(5)6)46(58)53-26-16-21-38(53)44(56)50(8)33(7)42(54)48-27-34-22-24-37(47)25-23-34/h10-15,17-20,22-25,30-33,38-41H,16,21,26-29H2,1-9H3,(H,48,54)(H,49,55)/t33-,38-,39-,40-,41-/m0/s1. The lowest BCUT2D eigenvalue weighted by Crippen LogP contribution is -2.61. The summed E-state index contributed by atoms with van der Waals surface area (Å²) in [6.07, 6.45) is 1.01. The van der Waals surface area contributed by atoms with Crippen molar-refractivity contribution in [2.75, 3.05) is 20.6 Å². The van der Waals surface area contributed by atoms with Crippen LogP contribution in [0.3, 0.4) is 0 Å². The van der Waals surface area contributed by atoms with Crippen LogP contribution < -0.4 is 10.6 Å².